The Kier molecular flexibility index (Phi) is 8.32. The number of fused-ring (bicyclic) bond motifs is 1. The highest BCUT2D eigenvalue weighted by Gasteiger charge is 2.28. The number of benzene rings is 3. The van der Waals surface area contributed by atoms with E-state index in [1.807, 2.05) is 82.5 Å². The van der Waals surface area contributed by atoms with Crippen LogP contribution in [0.3, 0.4) is 0 Å². The number of hydrogen-bond donors (Lipinski definition) is 3. The van der Waals surface area contributed by atoms with E-state index >= 15 is 0 Å². The minimum absolute atomic E-state index is 0. The Bertz CT molecular complexity index is 1570. The number of primary amides is 1. The maximum Gasteiger partial charge on any atom is 0.248 e. The lowest BCUT2D eigenvalue weighted by molar-refractivity contribution is 0.0969. The van der Waals surface area contributed by atoms with Crippen molar-refractivity contribution in [2.75, 3.05) is 0 Å². The molecule has 4 rings (SSSR count). The lowest BCUT2D eigenvalue weighted by Gasteiger charge is -2.28. The summed E-state index contributed by atoms with van der Waals surface area (Å²) >= 11 is 0. The number of nitrogens with zero attached hydrogens (tertiary/aromatic N) is 2. The molecule has 0 aliphatic heterocycles. The molecule has 0 saturated carbocycles. The van der Waals surface area contributed by atoms with Crippen molar-refractivity contribution >= 4 is 39.7 Å². The minimum Gasteiger partial charge on any atom is -0.507 e. The van der Waals surface area contributed by atoms with Crippen LogP contribution in [-0.2, 0) is 23.9 Å². The number of rotatable bonds is 6. The molecule has 206 valence electrons. The molecule has 0 aliphatic carbocycles. The number of para-hydroxylation sites is 2. The van der Waals surface area contributed by atoms with Gasteiger partial charge in [-0.3, -0.25) is 15.0 Å². The summed E-state index contributed by atoms with van der Waals surface area (Å²) in [6, 6.07) is 18.2. The van der Waals surface area contributed by atoms with E-state index in [-0.39, 0.29) is 51.5 Å². The Morgan fingerprint density at radius 3 is 1.77 bits per heavy atom. The van der Waals surface area contributed by atoms with Crippen molar-refractivity contribution in [1.82, 2.24) is 9.13 Å². The summed E-state index contributed by atoms with van der Waals surface area (Å²) < 4.78 is 3.57. The van der Waals surface area contributed by atoms with Crippen molar-refractivity contribution < 1.29 is 14.7 Å². The number of nitrogens with two attached hydrogens (primary N) is 1. The Hall–Kier alpha value is -3.65. The number of Topliss-reactive ketones (excluding diaryl/α,β-unsaturated/α-hetero) is 1. The molecular weight excluding hydrogens is 556 g/mol. The fraction of sp³-hybridized carbons (Fsp3) is 0.323. The van der Waals surface area contributed by atoms with Gasteiger partial charge in [-0.05, 0) is 52.8 Å². The lowest BCUT2D eigenvalue weighted by Crippen LogP contribution is -2.28. The summed E-state index contributed by atoms with van der Waals surface area (Å²) in [6.07, 6.45) is 0. The van der Waals surface area contributed by atoms with Gasteiger partial charge in [0.25, 0.3) is 0 Å². The third-order valence-corrected chi connectivity index (χ3v) is 6.90. The molecule has 0 bridgehead atoms. The van der Waals surface area contributed by atoms with E-state index in [1.54, 1.807) is 28.8 Å². The number of phenols is 1. The van der Waals surface area contributed by atoms with Gasteiger partial charge in [0.05, 0.1) is 24.1 Å². The zero-order chi connectivity index (χ0) is 28.0. The smallest absolute Gasteiger partial charge is 0.248 e. The number of halogens is 1. The topological polar surface area (TPSA) is 114 Å². The summed E-state index contributed by atoms with van der Waals surface area (Å²) in [5, 5.41) is 20.0. The SMILES string of the molecule is Br.CC(C)(C)c1cc(C(=O)Cn2c(=N)n(Cc3ccc(C(N)=O)cc3)c3ccccc32)cc(C(C)(C)C)c1O. The first-order chi connectivity index (χ1) is 17.7. The third kappa shape index (κ3) is 6.01. The number of nitrogens with one attached hydrogen (secondary N) is 1. The second kappa shape index (κ2) is 10.8. The van der Waals surface area contributed by atoms with E-state index in [2.05, 4.69) is 0 Å². The van der Waals surface area contributed by atoms with Crippen LogP contribution in [-0.4, -0.2) is 25.9 Å². The van der Waals surface area contributed by atoms with E-state index in [4.69, 9.17) is 11.1 Å². The monoisotopic (exact) mass is 592 g/mol. The number of ketones is 1. The van der Waals surface area contributed by atoms with Crippen LogP contribution in [0.1, 0.15) is 78.9 Å². The molecule has 4 aromatic rings. The number of aromatic hydroxyl groups is 1. The largest absolute Gasteiger partial charge is 0.507 e. The summed E-state index contributed by atoms with van der Waals surface area (Å²) in [5.74, 6) is -0.387. The molecule has 39 heavy (non-hydrogen) atoms. The summed E-state index contributed by atoms with van der Waals surface area (Å²) in [5.41, 5.74) is 9.78. The quantitative estimate of drug-likeness (QED) is 0.245. The Morgan fingerprint density at radius 1 is 0.821 bits per heavy atom. The molecule has 0 radical (unpaired) electrons. The predicted molar refractivity (Wildman–Crippen MR) is 160 cm³/mol. The molecule has 0 aliphatic rings. The average molecular weight is 594 g/mol. The van der Waals surface area contributed by atoms with Crippen LogP contribution in [0.4, 0.5) is 0 Å². The number of amides is 1. The summed E-state index contributed by atoms with van der Waals surface area (Å²) in [4.78, 5) is 25.1. The van der Waals surface area contributed by atoms with Crippen LogP contribution < -0.4 is 11.4 Å². The number of carbonyl (C=O) groups excluding carboxylic acids is 2. The van der Waals surface area contributed by atoms with Gasteiger partial charge in [-0.2, -0.15) is 0 Å². The van der Waals surface area contributed by atoms with Gasteiger partial charge in [-0.15, -0.1) is 17.0 Å². The number of phenolic OH excluding ortho intramolecular Hbond substituents is 1. The van der Waals surface area contributed by atoms with Crippen LogP contribution >= 0.6 is 17.0 Å². The number of aromatic nitrogens is 2. The van der Waals surface area contributed by atoms with Gasteiger partial charge < -0.3 is 20.0 Å². The van der Waals surface area contributed by atoms with Crippen LogP contribution in [0, 0.1) is 5.41 Å². The highest BCUT2D eigenvalue weighted by atomic mass is 79.9. The molecule has 0 saturated heterocycles. The molecule has 1 heterocycles. The van der Waals surface area contributed by atoms with Gasteiger partial charge in [0, 0.05) is 22.3 Å². The Labute approximate surface area is 239 Å². The van der Waals surface area contributed by atoms with Gasteiger partial charge in [0.15, 0.2) is 5.78 Å². The number of imidazole rings is 1. The first-order valence-electron chi connectivity index (χ1n) is 12.7. The van der Waals surface area contributed by atoms with Gasteiger partial charge in [-0.25, -0.2) is 0 Å². The van der Waals surface area contributed by atoms with E-state index in [0.29, 0.717) is 17.7 Å². The standard InChI is InChI=1S/C31H36N4O3.BrH/c1-30(2,3)22-15-21(16-23(27(22)37)31(4,5)6)26(36)18-35-25-10-8-7-9-24(25)34(29(35)33)17-19-11-13-20(14-12-19)28(32)38;/h7-16,33,37H,17-18H2,1-6H3,(H2,32,38);1H. The van der Waals surface area contributed by atoms with E-state index in [9.17, 15) is 14.7 Å². The molecule has 0 unspecified atom stereocenters. The molecule has 7 nitrogen and oxygen atoms in total. The van der Waals surface area contributed by atoms with Gasteiger partial charge in [-0.1, -0.05) is 65.8 Å². The summed E-state index contributed by atoms with van der Waals surface area (Å²) in [7, 11) is 0. The zero-order valence-electron chi connectivity index (χ0n) is 23.3. The fourth-order valence-corrected chi connectivity index (χ4v) is 4.75. The maximum absolute atomic E-state index is 13.7. The first-order valence-corrected chi connectivity index (χ1v) is 12.7. The van der Waals surface area contributed by atoms with Crippen molar-refractivity contribution in [3.05, 3.63) is 94.1 Å². The molecule has 0 atom stereocenters. The van der Waals surface area contributed by atoms with Gasteiger partial charge in [0.1, 0.15) is 5.75 Å². The molecule has 4 N–H and O–H groups in total. The fourth-order valence-electron chi connectivity index (χ4n) is 4.75. The first kappa shape index (κ1) is 29.9. The highest BCUT2D eigenvalue weighted by molar-refractivity contribution is 8.93. The maximum atomic E-state index is 13.7. The van der Waals surface area contributed by atoms with Gasteiger partial charge in [0.2, 0.25) is 11.5 Å². The Morgan fingerprint density at radius 2 is 1.31 bits per heavy atom. The van der Waals surface area contributed by atoms with Crippen LogP contribution in [0.5, 0.6) is 5.75 Å². The highest BCUT2D eigenvalue weighted by Crippen LogP contribution is 2.40. The molecular formula is C31H37BrN4O3. The number of carbonyl (C=O) groups is 2. The molecule has 0 fully saturated rings. The predicted octanol–water partition coefficient (Wildman–Crippen LogP) is 5.83. The summed E-state index contributed by atoms with van der Waals surface area (Å²) in [6.45, 7) is 12.5. The van der Waals surface area contributed by atoms with Gasteiger partial charge >= 0.3 is 0 Å². The van der Waals surface area contributed by atoms with E-state index in [0.717, 1.165) is 27.7 Å². The second-order valence-electron chi connectivity index (χ2n) is 11.9. The van der Waals surface area contributed by atoms with Crippen molar-refractivity contribution in [2.45, 2.75) is 65.5 Å². The molecule has 8 heteroatoms. The minimum atomic E-state index is -0.487. The van der Waals surface area contributed by atoms with Crippen molar-refractivity contribution in [3.8, 4) is 5.75 Å². The van der Waals surface area contributed by atoms with E-state index in [1.165, 1.54) is 0 Å². The molecule has 1 aromatic heterocycles. The zero-order valence-corrected chi connectivity index (χ0v) is 25.0. The van der Waals surface area contributed by atoms with Crippen LogP contribution in [0.25, 0.3) is 11.0 Å². The number of hydrogen-bond acceptors (Lipinski definition) is 4. The van der Waals surface area contributed by atoms with Crippen molar-refractivity contribution in [3.63, 3.8) is 0 Å². The van der Waals surface area contributed by atoms with Crippen molar-refractivity contribution in [2.24, 2.45) is 5.73 Å². The Balaban J connectivity index is 0.00000420. The normalized spacial score (nSPS) is 11.8. The second-order valence-corrected chi connectivity index (χ2v) is 11.9. The average Bonchev–Trinajstić information content (AvgIpc) is 3.09. The third-order valence-electron chi connectivity index (χ3n) is 6.90. The van der Waals surface area contributed by atoms with E-state index < -0.39 is 5.91 Å². The van der Waals surface area contributed by atoms with Crippen LogP contribution in [0.2, 0.25) is 0 Å². The molecule has 3 aromatic carbocycles. The van der Waals surface area contributed by atoms with Crippen LogP contribution in [0.15, 0.2) is 60.7 Å². The molecule has 1 amide bonds. The molecule has 0 spiro atoms. The van der Waals surface area contributed by atoms with Crippen molar-refractivity contribution in [1.29, 1.82) is 5.41 Å². The lowest BCUT2D eigenvalue weighted by atomic mass is 9.78.